The zero-order valence-electron chi connectivity index (χ0n) is 22.6. The molecule has 0 amide bonds. The Bertz CT molecular complexity index is 1670. The van der Waals surface area contributed by atoms with Gasteiger partial charge in [-0.2, -0.15) is 5.10 Å². The molecular formula is C33H29ClN4O2. The predicted molar refractivity (Wildman–Crippen MR) is 159 cm³/mol. The first-order valence-electron chi connectivity index (χ1n) is 13.1. The smallest absolute Gasteiger partial charge is 0.180 e. The molecule has 6 nitrogen and oxygen atoms in total. The molecule has 0 saturated carbocycles. The largest absolute Gasteiger partial charge is 0.493 e. The van der Waals surface area contributed by atoms with Crippen molar-refractivity contribution in [3.63, 3.8) is 0 Å². The quantitative estimate of drug-likeness (QED) is 0.190. The minimum atomic E-state index is -0.628. The fraction of sp³-hybridized carbons (Fsp3) is 0.152. The van der Waals surface area contributed by atoms with Crippen LogP contribution >= 0.6 is 11.6 Å². The highest BCUT2D eigenvalue weighted by molar-refractivity contribution is 6.37. The molecule has 0 N–H and O–H groups in total. The Hall–Kier alpha value is -4.55. The van der Waals surface area contributed by atoms with Gasteiger partial charge in [0.15, 0.2) is 11.5 Å². The van der Waals surface area contributed by atoms with Crippen LogP contribution in [-0.4, -0.2) is 33.6 Å². The zero-order chi connectivity index (χ0) is 27.7. The van der Waals surface area contributed by atoms with Crippen LogP contribution < -0.4 is 9.47 Å². The number of hydrogen-bond acceptors (Lipinski definition) is 4. The minimum Gasteiger partial charge on any atom is -0.493 e. The molecule has 40 heavy (non-hydrogen) atoms. The SMILES string of the molecule is COc1cc2c(c(C)nn2Cc2cn(C(c3ccccc3)(c3ccccc3)c3ccccc3)cn2)c(Cl)c1OC. The van der Waals surface area contributed by atoms with E-state index in [-0.39, 0.29) is 0 Å². The number of imidazole rings is 1. The highest BCUT2D eigenvalue weighted by atomic mass is 35.5. The van der Waals surface area contributed by atoms with Crippen LogP contribution in [0.5, 0.6) is 11.5 Å². The molecule has 0 spiro atoms. The summed E-state index contributed by atoms with van der Waals surface area (Å²) >= 11 is 6.74. The van der Waals surface area contributed by atoms with Crippen molar-refractivity contribution in [3.8, 4) is 11.5 Å². The molecular weight excluding hydrogens is 520 g/mol. The maximum absolute atomic E-state index is 6.74. The van der Waals surface area contributed by atoms with Crippen molar-refractivity contribution < 1.29 is 9.47 Å². The Kier molecular flexibility index (Phi) is 6.78. The van der Waals surface area contributed by atoms with Gasteiger partial charge in [-0.05, 0) is 23.6 Å². The fourth-order valence-corrected chi connectivity index (χ4v) is 6.06. The molecule has 0 radical (unpaired) electrons. The second-order valence-corrected chi connectivity index (χ2v) is 10.0. The predicted octanol–water partition coefficient (Wildman–Crippen LogP) is 7.10. The summed E-state index contributed by atoms with van der Waals surface area (Å²) in [6.07, 6.45) is 4.02. The monoisotopic (exact) mass is 548 g/mol. The molecule has 0 bridgehead atoms. The van der Waals surface area contributed by atoms with E-state index in [0.29, 0.717) is 23.1 Å². The third-order valence-electron chi connectivity index (χ3n) is 7.41. The lowest BCUT2D eigenvalue weighted by Crippen LogP contribution is -2.36. The Morgan fingerprint density at radius 3 is 1.85 bits per heavy atom. The van der Waals surface area contributed by atoms with Crippen LogP contribution in [0.25, 0.3) is 10.9 Å². The molecule has 0 atom stereocenters. The van der Waals surface area contributed by atoms with Gasteiger partial charge in [0.25, 0.3) is 0 Å². The van der Waals surface area contributed by atoms with Crippen LogP contribution in [0.1, 0.15) is 28.1 Å². The van der Waals surface area contributed by atoms with Crippen LogP contribution in [0.4, 0.5) is 0 Å². The average Bonchev–Trinajstić information content (AvgIpc) is 3.59. The number of aromatic nitrogens is 4. The lowest BCUT2D eigenvalue weighted by Gasteiger charge is -2.37. The third-order valence-corrected chi connectivity index (χ3v) is 7.77. The number of benzene rings is 4. The maximum atomic E-state index is 6.74. The topological polar surface area (TPSA) is 54.1 Å². The first-order chi connectivity index (χ1) is 19.6. The molecule has 7 heteroatoms. The lowest BCUT2D eigenvalue weighted by molar-refractivity contribution is 0.356. The van der Waals surface area contributed by atoms with Gasteiger partial charge in [-0.25, -0.2) is 4.98 Å². The summed E-state index contributed by atoms with van der Waals surface area (Å²) in [4.78, 5) is 4.88. The fourth-order valence-electron chi connectivity index (χ4n) is 5.66. The van der Waals surface area contributed by atoms with Gasteiger partial charge in [-0.1, -0.05) is 103 Å². The number of hydrogen-bond donors (Lipinski definition) is 0. The van der Waals surface area contributed by atoms with Crippen molar-refractivity contribution in [2.45, 2.75) is 19.0 Å². The van der Waals surface area contributed by atoms with Gasteiger partial charge >= 0.3 is 0 Å². The normalized spacial score (nSPS) is 11.6. The van der Waals surface area contributed by atoms with E-state index in [4.69, 9.17) is 31.2 Å². The summed E-state index contributed by atoms with van der Waals surface area (Å²) in [5.74, 6) is 1.06. The van der Waals surface area contributed by atoms with Crippen LogP contribution in [0.2, 0.25) is 5.02 Å². The summed E-state index contributed by atoms with van der Waals surface area (Å²) < 4.78 is 15.2. The van der Waals surface area contributed by atoms with Crippen molar-refractivity contribution >= 4 is 22.5 Å². The van der Waals surface area contributed by atoms with E-state index < -0.39 is 5.54 Å². The Balaban J connectivity index is 1.52. The number of nitrogens with zero attached hydrogens (tertiary/aromatic N) is 4. The molecule has 0 aliphatic carbocycles. The molecule has 0 aliphatic heterocycles. The number of halogens is 1. The van der Waals surface area contributed by atoms with Crippen molar-refractivity contribution in [2.24, 2.45) is 0 Å². The summed E-state index contributed by atoms with van der Waals surface area (Å²) in [6.45, 7) is 2.40. The zero-order valence-corrected chi connectivity index (χ0v) is 23.3. The molecule has 0 aliphatic rings. The van der Waals surface area contributed by atoms with Gasteiger partial charge in [0.05, 0.1) is 49.0 Å². The van der Waals surface area contributed by atoms with Crippen molar-refractivity contribution in [2.75, 3.05) is 14.2 Å². The van der Waals surface area contributed by atoms with Crippen LogP contribution in [-0.2, 0) is 12.1 Å². The van der Waals surface area contributed by atoms with Gasteiger partial charge in [-0.15, -0.1) is 0 Å². The summed E-state index contributed by atoms with van der Waals surface area (Å²) in [7, 11) is 3.19. The van der Waals surface area contributed by atoms with Gasteiger partial charge in [0.2, 0.25) is 0 Å². The van der Waals surface area contributed by atoms with E-state index in [2.05, 4.69) is 83.6 Å². The first-order valence-corrected chi connectivity index (χ1v) is 13.4. The van der Waals surface area contributed by atoms with E-state index in [0.717, 1.165) is 39.0 Å². The highest BCUT2D eigenvalue weighted by Crippen LogP contribution is 2.43. The Labute approximate surface area is 238 Å². The molecule has 0 unspecified atom stereocenters. The van der Waals surface area contributed by atoms with E-state index in [1.807, 2.05) is 42.2 Å². The molecule has 0 fully saturated rings. The van der Waals surface area contributed by atoms with Gasteiger partial charge < -0.3 is 14.0 Å². The first kappa shape index (κ1) is 25.7. The number of rotatable bonds is 8. The molecule has 0 saturated heterocycles. The molecule has 200 valence electrons. The number of aryl methyl sites for hydroxylation is 1. The Morgan fingerprint density at radius 2 is 1.35 bits per heavy atom. The standard InChI is InChI=1S/C33H29ClN4O2/c1-23-30-28(19-29(39-2)32(40-3)31(30)34)38(36-23)21-27-20-37(22-35-27)33(24-13-7-4-8-14-24,25-15-9-5-10-16-25)26-17-11-6-12-18-26/h4-20,22H,21H2,1-3H3. The van der Waals surface area contributed by atoms with E-state index in [1.165, 1.54) is 0 Å². The van der Waals surface area contributed by atoms with E-state index in [1.54, 1.807) is 14.2 Å². The highest BCUT2D eigenvalue weighted by Gasteiger charge is 2.38. The third kappa shape index (κ3) is 4.12. The molecule has 6 rings (SSSR count). The van der Waals surface area contributed by atoms with Gasteiger partial charge in [-0.3, -0.25) is 4.68 Å². The Morgan fingerprint density at radius 1 is 0.800 bits per heavy atom. The van der Waals surface area contributed by atoms with Gasteiger partial charge in [0.1, 0.15) is 5.54 Å². The maximum Gasteiger partial charge on any atom is 0.180 e. The number of ether oxygens (including phenoxy) is 2. The van der Waals surface area contributed by atoms with Crippen LogP contribution in [0, 0.1) is 6.92 Å². The number of methoxy groups -OCH3 is 2. The summed E-state index contributed by atoms with van der Waals surface area (Å²) in [5.41, 5.74) is 5.32. The summed E-state index contributed by atoms with van der Waals surface area (Å²) in [5, 5.41) is 6.14. The molecule has 6 aromatic rings. The number of fused-ring (bicyclic) bond motifs is 1. The van der Waals surface area contributed by atoms with E-state index >= 15 is 0 Å². The second kappa shape index (κ2) is 10.5. The molecule has 2 heterocycles. The van der Waals surface area contributed by atoms with Crippen molar-refractivity contribution in [1.82, 2.24) is 19.3 Å². The average molecular weight is 549 g/mol. The van der Waals surface area contributed by atoms with Crippen LogP contribution in [0.15, 0.2) is 110 Å². The van der Waals surface area contributed by atoms with Crippen LogP contribution in [0.3, 0.4) is 0 Å². The molecule has 2 aromatic heterocycles. The molecule has 4 aromatic carbocycles. The van der Waals surface area contributed by atoms with Gasteiger partial charge in [0, 0.05) is 17.6 Å². The van der Waals surface area contributed by atoms with Crippen molar-refractivity contribution in [3.05, 3.63) is 143 Å². The second-order valence-electron chi connectivity index (χ2n) is 9.64. The lowest BCUT2D eigenvalue weighted by atomic mass is 9.77. The minimum absolute atomic E-state index is 0.456. The summed E-state index contributed by atoms with van der Waals surface area (Å²) in [6, 6.07) is 33.6. The van der Waals surface area contributed by atoms with Crippen molar-refractivity contribution in [1.29, 1.82) is 0 Å². The van der Waals surface area contributed by atoms with E-state index in [9.17, 15) is 0 Å².